The second kappa shape index (κ2) is 3.96. The Kier molecular flexibility index (Phi) is 2.66. The number of nitrogens with zero attached hydrogens (tertiary/aromatic N) is 1. The van der Waals surface area contributed by atoms with Crippen molar-refractivity contribution in [3.05, 3.63) is 28.8 Å². The van der Waals surface area contributed by atoms with Gasteiger partial charge in [0.05, 0.1) is 27.7 Å². The molecule has 1 aromatic carbocycles. The van der Waals surface area contributed by atoms with Gasteiger partial charge in [-0.3, -0.25) is 0 Å². The van der Waals surface area contributed by atoms with E-state index < -0.39 is 5.97 Å². The maximum Gasteiger partial charge on any atom is 0.0994 e. The number of carboxylic acid groups (broad SMARTS) is 1. The minimum Gasteiger partial charge on any atom is -0.545 e. The van der Waals surface area contributed by atoms with E-state index >= 15 is 0 Å². The lowest BCUT2D eigenvalue weighted by molar-refractivity contribution is -0.366. The molecule has 2 aromatic rings. The molecular weight excluding hydrogens is 212 g/mol. The predicted octanol–water partition coefficient (Wildman–Crippen LogP) is -0.556. The molecule has 0 aliphatic heterocycles. The molecule has 0 aliphatic rings. The van der Waals surface area contributed by atoms with E-state index in [0.717, 1.165) is 28.2 Å². The Morgan fingerprint density at radius 3 is 3.00 bits per heavy atom. The van der Waals surface area contributed by atoms with E-state index in [1.54, 1.807) is 12.1 Å². The number of rotatable bonds is 3. The molecule has 0 fully saturated rings. The van der Waals surface area contributed by atoms with Crippen molar-refractivity contribution >= 4 is 27.5 Å². The Hall–Kier alpha value is -1.46. The zero-order valence-electron chi connectivity index (χ0n) is 8.03. The Labute approximate surface area is 90.4 Å². The largest absolute Gasteiger partial charge is 0.545 e. The van der Waals surface area contributed by atoms with Crippen LogP contribution >= 0.6 is 11.3 Å². The molecule has 15 heavy (non-hydrogen) atoms. The number of benzene rings is 1. The lowest BCUT2D eigenvalue weighted by Gasteiger charge is -1.99. The first kappa shape index (κ1) is 10.1. The molecular formula is C10H10N2O2S. The first-order chi connectivity index (χ1) is 7.20. The number of thiazole rings is 1. The Morgan fingerprint density at radius 2 is 2.33 bits per heavy atom. The monoisotopic (exact) mass is 222 g/mol. The van der Waals surface area contributed by atoms with Gasteiger partial charge in [-0.1, -0.05) is 6.07 Å². The predicted molar refractivity (Wildman–Crippen MR) is 55.4 cm³/mol. The van der Waals surface area contributed by atoms with Crippen molar-refractivity contribution in [2.45, 2.75) is 6.42 Å². The van der Waals surface area contributed by atoms with E-state index in [0.29, 0.717) is 0 Å². The summed E-state index contributed by atoms with van der Waals surface area (Å²) in [5, 5.41) is 11.6. The third-order valence-electron chi connectivity index (χ3n) is 2.06. The van der Waals surface area contributed by atoms with Gasteiger partial charge in [0, 0.05) is 6.42 Å². The number of hydrogen-bond donors (Lipinski definition) is 1. The molecule has 4 nitrogen and oxygen atoms in total. The normalized spacial score (nSPS) is 10.7. The van der Waals surface area contributed by atoms with Gasteiger partial charge >= 0.3 is 0 Å². The molecule has 0 saturated carbocycles. The van der Waals surface area contributed by atoms with Crippen LogP contribution in [0.1, 0.15) is 15.4 Å². The van der Waals surface area contributed by atoms with Gasteiger partial charge in [0.15, 0.2) is 0 Å². The molecule has 1 aromatic heterocycles. The Balaban J connectivity index is 2.47. The summed E-state index contributed by atoms with van der Waals surface area (Å²) in [5.41, 5.74) is 4.80. The van der Waals surface area contributed by atoms with Crippen molar-refractivity contribution in [2.24, 2.45) is 0 Å². The van der Waals surface area contributed by atoms with Crippen molar-refractivity contribution in [2.75, 3.05) is 6.54 Å². The third-order valence-corrected chi connectivity index (χ3v) is 3.14. The molecule has 0 amide bonds. The summed E-state index contributed by atoms with van der Waals surface area (Å²) in [6, 6.07) is 4.84. The lowest BCUT2D eigenvalue weighted by Crippen LogP contribution is -2.51. The highest BCUT2D eigenvalue weighted by Gasteiger charge is 2.04. The minimum absolute atomic E-state index is 0.201. The SMILES string of the molecule is [NH3+]CCc1nc2ccc(C(=O)[O-])cc2s1. The van der Waals surface area contributed by atoms with Gasteiger partial charge < -0.3 is 15.6 Å². The highest BCUT2D eigenvalue weighted by atomic mass is 32.1. The molecule has 0 atom stereocenters. The lowest BCUT2D eigenvalue weighted by atomic mass is 10.2. The highest BCUT2D eigenvalue weighted by Crippen LogP contribution is 2.23. The van der Waals surface area contributed by atoms with Crippen molar-refractivity contribution < 1.29 is 15.6 Å². The molecule has 0 aliphatic carbocycles. The van der Waals surface area contributed by atoms with Crippen molar-refractivity contribution in [1.29, 1.82) is 0 Å². The zero-order chi connectivity index (χ0) is 10.8. The van der Waals surface area contributed by atoms with E-state index in [1.165, 1.54) is 17.4 Å². The zero-order valence-corrected chi connectivity index (χ0v) is 8.84. The van der Waals surface area contributed by atoms with Gasteiger partial charge in [0.1, 0.15) is 0 Å². The molecule has 3 N–H and O–H groups in total. The van der Waals surface area contributed by atoms with E-state index in [9.17, 15) is 9.90 Å². The van der Waals surface area contributed by atoms with Crippen LogP contribution < -0.4 is 10.8 Å². The van der Waals surface area contributed by atoms with E-state index in [2.05, 4.69) is 10.7 Å². The van der Waals surface area contributed by atoms with Crippen molar-refractivity contribution in [3.8, 4) is 0 Å². The summed E-state index contributed by atoms with van der Waals surface area (Å²) in [6.07, 6.45) is 0.833. The molecule has 0 spiro atoms. The molecule has 0 radical (unpaired) electrons. The van der Waals surface area contributed by atoms with Gasteiger partial charge in [-0.25, -0.2) is 4.98 Å². The number of carbonyl (C=O) groups excluding carboxylic acids is 1. The fourth-order valence-electron chi connectivity index (χ4n) is 1.36. The molecule has 2 rings (SSSR count). The summed E-state index contributed by atoms with van der Waals surface area (Å²) in [6.45, 7) is 0.799. The van der Waals surface area contributed by atoms with Gasteiger partial charge in [-0.05, 0) is 17.7 Å². The van der Waals surface area contributed by atoms with Crippen LogP contribution in [-0.4, -0.2) is 17.5 Å². The number of carbonyl (C=O) groups is 1. The van der Waals surface area contributed by atoms with Gasteiger partial charge in [-0.15, -0.1) is 11.3 Å². The summed E-state index contributed by atoms with van der Waals surface area (Å²) in [4.78, 5) is 15.0. The fourth-order valence-corrected chi connectivity index (χ4v) is 2.41. The summed E-state index contributed by atoms with van der Waals surface area (Å²) < 4.78 is 0.889. The van der Waals surface area contributed by atoms with Crippen LogP contribution in [0.15, 0.2) is 18.2 Å². The number of quaternary nitrogens is 1. The van der Waals surface area contributed by atoms with Crippen LogP contribution in [-0.2, 0) is 6.42 Å². The molecule has 78 valence electrons. The molecule has 0 saturated heterocycles. The van der Waals surface area contributed by atoms with Gasteiger partial charge in [-0.2, -0.15) is 0 Å². The molecule has 5 heteroatoms. The van der Waals surface area contributed by atoms with Crippen LogP contribution in [0.3, 0.4) is 0 Å². The van der Waals surface area contributed by atoms with Crippen LogP contribution in [0.2, 0.25) is 0 Å². The molecule has 0 unspecified atom stereocenters. The first-order valence-corrected chi connectivity index (χ1v) is 5.42. The van der Waals surface area contributed by atoms with E-state index in [1.807, 2.05) is 0 Å². The van der Waals surface area contributed by atoms with Crippen LogP contribution in [0.25, 0.3) is 10.2 Å². The fraction of sp³-hybridized carbons (Fsp3) is 0.200. The average Bonchev–Trinajstić information content (AvgIpc) is 2.59. The number of fused-ring (bicyclic) bond motifs is 1. The second-order valence-electron chi connectivity index (χ2n) is 3.18. The topological polar surface area (TPSA) is 80.7 Å². The smallest absolute Gasteiger partial charge is 0.0994 e. The molecule has 0 bridgehead atoms. The Bertz CT molecular complexity index is 507. The van der Waals surface area contributed by atoms with Gasteiger partial charge in [0.2, 0.25) is 0 Å². The number of aromatic nitrogens is 1. The second-order valence-corrected chi connectivity index (χ2v) is 4.30. The average molecular weight is 222 g/mol. The van der Waals surface area contributed by atoms with Crippen LogP contribution in [0.5, 0.6) is 0 Å². The number of hydrogen-bond acceptors (Lipinski definition) is 4. The standard InChI is InChI=1S/C10H10N2O2S/c11-4-3-9-12-7-2-1-6(10(13)14)5-8(7)15-9/h1-2,5H,3-4,11H2,(H,13,14). The summed E-state index contributed by atoms with van der Waals surface area (Å²) in [5.74, 6) is -1.15. The van der Waals surface area contributed by atoms with Gasteiger partial charge in [0.25, 0.3) is 0 Å². The first-order valence-electron chi connectivity index (χ1n) is 4.61. The summed E-state index contributed by atoms with van der Waals surface area (Å²) >= 11 is 1.51. The van der Waals surface area contributed by atoms with E-state index in [-0.39, 0.29) is 5.56 Å². The van der Waals surface area contributed by atoms with Crippen molar-refractivity contribution in [3.63, 3.8) is 0 Å². The minimum atomic E-state index is -1.15. The van der Waals surface area contributed by atoms with Crippen LogP contribution in [0.4, 0.5) is 0 Å². The summed E-state index contributed by atoms with van der Waals surface area (Å²) in [7, 11) is 0. The Morgan fingerprint density at radius 1 is 1.53 bits per heavy atom. The quantitative estimate of drug-likeness (QED) is 0.756. The molecule has 1 heterocycles. The maximum absolute atomic E-state index is 10.6. The number of carboxylic acids is 1. The van der Waals surface area contributed by atoms with E-state index in [4.69, 9.17) is 0 Å². The maximum atomic E-state index is 10.6. The third kappa shape index (κ3) is 1.98. The van der Waals surface area contributed by atoms with Crippen LogP contribution in [0, 0.1) is 0 Å². The van der Waals surface area contributed by atoms with Crippen molar-refractivity contribution in [1.82, 2.24) is 4.98 Å². The highest BCUT2D eigenvalue weighted by molar-refractivity contribution is 7.18. The number of aromatic carboxylic acids is 1.